The van der Waals surface area contributed by atoms with Crippen molar-refractivity contribution in [3.8, 4) is 11.1 Å². The van der Waals surface area contributed by atoms with Gasteiger partial charge in [-0.15, -0.1) is 0 Å². The first-order valence-electron chi connectivity index (χ1n) is 12.7. The molecule has 1 aliphatic carbocycles. The molecule has 0 bridgehead atoms. The molecule has 0 atom stereocenters. The molecule has 0 radical (unpaired) electrons. The molecule has 0 aliphatic heterocycles. The number of rotatable bonds is 11. The van der Waals surface area contributed by atoms with Crippen LogP contribution in [0.3, 0.4) is 0 Å². The first kappa shape index (κ1) is 24.0. The van der Waals surface area contributed by atoms with Gasteiger partial charge in [0.25, 0.3) is 0 Å². The van der Waals surface area contributed by atoms with E-state index in [4.69, 9.17) is 0 Å². The Morgan fingerprint density at radius 2 is 1.35 bits per heavy atom. The van der Waals surface area contributed by atoms with Gasteiger partial charge in [0.05, 0.1) is 0 Å². The van der Waals surface area contributed by atoms with Gasteiger partial charge >= 0.3 is 0 Å². The summed E-state index contributed by atoms with van der Waals surface area (Å²) in [5, 5.41) is 0. The van der Waals surface area contributed by atoms with Crippen LogP contribution in [0, 0.1) is 23.5 Å². The summed E-state index contributed by atoms with van der Waals surface area (Å²) < 4.78 is 29.6. The van der Waals surface area contributed by atoms with Crippen molar-refractivity contribution in [2.75, 3.05) is 0 Å². The predicted molar refractivity (Wildman–Crippen MR) is 128 cm³/mol. The van der Waals surface area contributed by atoms with Gasteiger partial charge in [-0.05, 0) is 47.8 Å². The van der Waals surface area contributed by atoms with Gasteiger partial charge in [0, 0.05) is 5.56 Å². The van der Waals surface area contributed by atoms with Crippen molar-refractivity contribution in [1.29, 1.82) is 0 Å². The van der Waals surface area contributed by atoms with Crippen molar-refractivity contribution in [3.63, 3.8) is 0 Å². The zero-order valence-electron chi connectivity index (χ0n) is 19.6. The first-order chi connectivity index (χ1) is 15.1. The van der Waals surface area contributed by atoms with E-state index in [9.17, 15) is 8.78 Å². The second-order valence-electron chi connectivity index (χ2n) is 9.62. The molecule has 0 saturated heterocycles. The normalized spacial score (nSPS) is 19.0. The standard InChI is InChI=1S/C29H40F2/c1-3-5-6-7-9-23-10-12-24(13-11-23)16-19-26-20-21-27(29(31)28(26)30)25-17-14-22(8-4-2)15-18-25/h14-15,17-18,20-21,23-24H,3-13,16,19H2,1-2H3. The van der Waals surface area contributed by atoms with E-state index < -0.39 is 11.6 Å². The van der Waals surface area contributed by atoms with Crippen LogP contribution in [0.1, 0.15) is 95.6 Å². The molecule has 1 saturated carbocycles. The van der Waals surface area contributed by atoms with Crippen LogP contribution < -0.4 is 0 Å². The molecular formula is C29H40F2. The summed E-state index contributed by atoms with van der Waals surface area (Å²) in [6, 6.07) is 11.4. The minimum Gasteiger partial charge on any atom is -0.203 e. The molecule has 2 heteroatoms. The molecule has 0 heterocycles. The van der Waals surface area contributed by atoms with E-state index in [2.05, 4.69) is 13.8 Å². The Balaban J connectivity index is 1.51. The van der Waals surface area contributed by atoms with Crippen molar-refractivity contribution in [1.82, 2.24) is 0 Å². The molecule has 1 fully saturated rings. The van der Waals surface area contributed by atoms with Crippen LogP contribution >= 0.6 is 0 Å². The second kappa shape index (κ2) is 12.4. The third kappa shape index (κ3) is 6.89. The molecule has 2 aromatic carbocycles. The van der Waals surface area contributed by atoms with Crippen molar-refractivity contribution >= 4 is 0 Å². The van der Waals surface area contributed by atoms with E-state index in [1.165, 1.54) is 63.4 Å². The fraction of sp³-hybridized carbons (Fsp3) is 0.586. The zero-order chi connectivity index (χ0) is 22.1. The largest absolute Gasteiger partial charge is 0.203 e. The van der Waals surface area contributed by atoms with Gasteiger partial charge in [-0.3, -0.25) is 0 Å². The highest BCUT2D eigenvalue weighted by molar-refractivity contribution is 5.65. The molecule has 0 amide bonds. The van der Waals surface area contributed by atoms with E-state index in [0.29, 0.717) is 23.5 Å². The Morgan fingerprint density at radius 3 is 2.00 bits per heavy atom. The lowest BCUT2D eigenvalue weighted by Gasteiger charge is -2.28. The van der Waals surface area contributed by atoms with Gasteiger partial charge in [0.1, 0.15) is 0 Å². The number of halogens is 2. The Kier molecular flexibility index (Phi) is 9.55. The maximum atomic E-state index is 14.8. The smallest absolute Gasteiger partial charge is 0.166 e. The van der Waals surface area contributed by atoms with Gasteiger partial charge in [0.2, 0.25) is 0 Å². The minimum atomic E-state index is -0.698. The molecule has 31 heavy (non-hydrogen) atoms. The van der Waals surface area contributed by atoms with Gasteiger partial charge < -0.3 is 0 Å². The third-order valence-electron chi connectivity index (χ3n) is 7.22. The van der Waals surface area contributed by atoms with E-state index in [1.54, 1.807) is 12.1 Å². The van der Waals surface area contributed by atoms with E-state index >= 15 is 0 Å². The third-order valence-corrected chi connectivity index (χ3v) is 7.22. The molecule has 0 spiro atoms. The number of aryl methyl sites for hydroxylation is 2. The number of unbranched alkanes of at least 4 members (excludes halogenated alkanes) is 3. The molecule has 0 N–H and O–H groups in total. The molecule has 2 aromatic rings. The van der Waals surface area contributed by atoms with Crippen LogP contribution in [0.4, 0.5) is 8.78 Å². The van der Waals surface area contributed by atoms with Crippen LogP contribution in [0.25, 0.3) is 11.1 Å². The average Bonchev–Trinajstić information content (AvgIpc) is 2.79. The summed E-state index contributed by atoms with van der Waals surface area (Å²) in [5.74, 6) is 0.210. The maximum absolute atomic E-state index is 14.8. The van der Waals surface area contributed by atoms with Crippen molar-refractivity contribution in [3.05, 3.63) is 59.2 Å². The van der Waals surface area contributed by atoms with E-state index in [-0.39, 0.29) is 0 Å². The summed E-state index contributed by atoms with van der Waals surface area (Å²) in [7, 11) is 0. The predicted octanol–water partition coefficient (Wildman–Crippen LogP) is 9.29. The fourth-order valence-corrected chi connectivity index (χ4v) is 5.17. The lowest BCUT2D eigenvalue weighted by molar-refractivity contribution is 0.248. The van der Waals surface area contributed by atoms with Crippen molar-refractivity contribution in [2.24, 2.45) is 11.8 Å². The SMILES string of the molecule is CCCCCCC1CCC(CCc2ccc(-c3ccc(CCC)cc3)c(F)c2F)CC1. The quantitative estimate of drug-likeness (QED) is 0.314. The van der Waals surface area contributed by atoms with Crippen LogP contribution in [0.5, 0.6) is 0 Å². The highest BCUT2D eigenvalue weighted by atomic mass is 19.2. The Labute approximate surface area is 188 Å². The summed E-state index contributed by atoms with van der Waals surface area (Å²) >= 11 is 0. The minimum absolute atomic E-state index is 0.368. The Bertz CT molecular complexity index is 785. The topological polar surface area (TPSA) is 0 Å². The van der Waals surface area contributed by atoms with E-state index in [0.717, 1.165) is 30.7 Å². The molecule has 3 rings (SSSR count). The number of hydrogen-bond acceptors (Lipinski definition) is 0. The Hall–Kier alpha value is -1.70. The lowest BCUT2D eigenvalue weighted by Crippen LogP contribution is -2.15. The summed E-state index contributed by atoms with van der Waals surface area (Å²) in [5.41, 5.74) is 2.89. The number of hydrogen-bond donors (Lipinski definition) is 0. The van der Waals surface area contributed by atoms with Crippen LogP contribution in [0.15, 0.2) is 36.4 Å². The highest BCUT2D eigenvalue weighted by Gasteiger charge is 2.22. The summed E-state index contributed by atoms with van der Waals surface area (Å²) in [6.45, 7) is 4.40. The second-order valence-corrected chi connectivity index (χ2v) is 9.62. The van der Waals surface area contributed by atoms with Gasteiger partial charge in [-0.25, -0.2) is 8.78 Å². The molecule has 170 valence electrons. The average molecular weight is 427 g/mol. The molecule has 1 aliphatic rings. The molecule has 0 unspecified atom stereocenters. The first-order valence-corrected chi connectivity index (χ1v) is 12.7. The van der Waals surface area contributed by atoms with Crippen LogP contribution in [-0.4, -0.2) is 0 Å². The van der Waals surface area contributed by atoms with Crippen molar-refractivity contribution in [2.45, 2.75) is 97.3 Å². The van der Waals surface area contributed by atoms with Gasteiger partial charge in [-0.2, -0.15) is 0 Å². The molecule has 0 aromatic heterocycles. The monoisotopic (exact) mass is 426 g/mol. The van der Waals surface area contributed by atoms with Crippen LogP contribution in [0.2, 0.25) is 0 Å². The summed E-state index contributed by atoms with van der Waals surface area (Å²) in [4.78, 5) is 0. The molecule has 0 nitrogen and oxygen atoms in total. The Morgan fingerprint density at radius 1 is 0.677 bits per heavy atom. The fourth-order valence-electron chi connectivity index (χ4n) is 5.17. The number of benzene rings is 2. The van der Waals surface area contributed by atoms with Gasteiger partial charge in [0.15, 0.2) is 11.6 Å². The maximum Gasteiger partial charge on any atom is 0.166 e. The van der Waals surface area contributed by atoms with Crippen LogP contribution in [-0.2, 0) is 12.8 Å². The lowest BCUT2D eigenvalue weighted by atomic mass is 9.77. The van der Waals surface area contributed by atoms with Gasteiger partial charge in [-0.1, -0.05) is 114 Å². The molecular weight excluding hydrogens is 386 g/mol. The van der Waals surface area contributed by atoms with Crippen molar-refractivity contribution < 1.29 is 8.78 Å². The summed E-state index contributed by atoms with van der Waals surface area (Å²) in [6.07, 6.45) is 15.7. The highest BCUT2D eigenvalue weighted by Crippen LogP contribution is 2.35. The van der Waals surface area contributed by atoms with E-state index in [1.807, 2.05) is 24.3 Å². The zero-order valence-corrected chi connectivity index (χ0v) is 19.6.